The van der Waals surface area contributed by atoms with E-state index < -0.39 is 0 Å². The molecule has 0 aliphatic carbocycles. The van der Waals surface area contributed by atoms with Gasteiger partial charge in [-0.2, -0.15) is 0 Å². The molecule has 2 heteroatoms. The Morgan fingerprint density at radius 1 is 1.25 bits per heavy atom. The van der Waals surface area contributed by atoms with Gasteiger partial charge in [0.05, 0.1) is 0 Å². The lowest BCUT2D eigenvalue weighted by Gasteiger charge is -2.24. The highest BCUT2D eigenvalue weighted by atomic mass is 16.5. The van der Waals surface area contributed by atoms with E-state index in [1.165, 1.54) is 5.56 Å². The maximum absolute atomic E-state index is 5.79. The van der Waals surface area contributed by atoms with Crippen LogP contribution >= 0.6 is 0 Å². The highest BCUT2D eigenvalue weighted by Gasteiger charge is 2.17. The Morgan fingerprint density at radius 2 is 1.81 bits per heavy atom. The Morgan fingerprint density at radius 3 is 2.25 bits per heavy atom. The van der Waals surface area contributed by atoms with Gasteiger partial charge < -0.3 is 10.5 Å². The van der Waals surface area contributed by atoms with E-state index in [9.17, 15) is 0 Å². The third-order valence-electron chi connectivity index (χ3n) is 2.95. The molecule has 0 spiro atoms. The van der Waals surface area contributed by atoms with Crippen LogP contribution in [0.25, 0.3) is 0 Å². The standard InChI is InChI=1S/C14H23NO/c1-5-11(2)12-6-8-13(9-7-12)16-14(3,4)10-15/h6-9,11H,5,10,15H2,1-4H3. The second-order valence-corrected chi connectivity index (χ2v) is 4.94. The summed E-state index contributed by atoms with van der Waals surface area (Å²) in [4.78, 5) is 0. The largest absolute Gasteiger partial charge is 0.487 e. The lowest BCUT2D eigenvalue weighted by atomic mass is 9.99. The molecule has 1 rings (SSSR count). The first-order valence-corrected chi connectivity index (χ1v) is 5.97. The van der Waals surface area contributed by atoms with Crippen LogP contribution in [0.5, 0.6) is 5.75 Å². The van der Waals surface area contributed by atoms with E-state index >= 15 is 0 Å². The van der Waals surface area contributed by atoms with Crippen molar-refractivity contribution in [2.45, 2.75) is 45.6 Å². The van der Waals surface area contributed by atoms with Gasteiger partial charge in [0.25, 0.3) is 0 Å². The summed E-state index contributed by atoms with van der Waals surface area (Å²) in [5, 5.41) is 0. The molecule has 0 radical (unpaired) electrons. The Kier molecular flexibility index (Phi) is 4.36. The number of hydrogen-bond acceptors (Lipinski definition) is 2. The second-order valence-electron chi connectivity index (χ2n) is 4.94. The minimum absolute atomic E-state index is 0.294. The van der Waals surface area contributed by atoms with E-state index in [2.05, 4.69) is 26.0 Å². The van der Waals surface area contributed by atoms with Crippen molar-refractivity contribution < 1.29 is 4.74 Å². The topological polar surface area (TPSA) is 35.2 Å². The fraction of sp³-hybridized carbons (Fsp3) is 0.571. The Balaban J connectivity index is 2.72. The van der Waals surface area contributed by atoms with E-state index in [0.29, 0.717) is 12.5 Å². The summed E-state index contributed by atoms with van der Waals surface area (Å²) < 4.78 is 5.79. The van der Waals surface area contributed by atoms with Crippen molar-refractivity contribution in [3.8, 4) is 5.75 Å². The quantitative estimate of drug-likeness (QED) is 0.828. The van der Waals surface area contributed by atoms with Gasteiger partial charge in [-0.05, 0) is 43.9 Å². The van der Waals surface area contributed by atoms with E-state index in [0.717, 1.165) is 12.2 Å². The molecule has 0 saturated heterocycles. The third-order valence-corrected chi connectivity index (χ3v) is 2.95. The van der Waals surface area contributed by atoms with Crippen molar-refractivity contribution in [2.24, 2.45) is 5.73 Å². The summed E-state index contributed by atoms with van der Waals surface area (Å²) in [5.74, 6) is 1.50. The van der Waals surface area contributed by atoms with Crippen LogP contribution in [-0.2, 0) is 0 Å². The van der Waals surface area contributed by atoms with Gasteiger partial charge in [-0.25, -0.2) is 0 Å². The molecule has 2 nitrogen and oxygen atoms in total. The molecule has 0 bridgehead atoms. The first kappa shape index (κ1) is 13.0. The maximum Gasteiger partial charge on any atom is 0.120 e. The normalized spacial score (nSPS) is 13.6. The zero-order chi connectivity index (χ0) is 12.2. The van der Waals surface area contributed by atoms with Crippen LogP contribution in [0.4, 0.5) is 0 Å². The van der Waals surface area contributed by atoms with Gasteiger partial charge in [-0.15, -0.1) is 0 Å². The van der Waals surface area contributed by atoms with Crippen LogP contribution in [0.3, 0.4) is 0 Å². The molecule has 90 valence electrons. The van der Waals surface area contributed by atoms with Crippen LogP contribution < -0.4 is 10.5 Å². The van der Waals surface area contributed by atoms with Crippen LogP contribution in [-0.4, -0.2) is 12.1 Å². The molecule has 0 aromatic heterocycles. The average Bonchev–Trinajstić information content (AvgIpc) is 2.28. The highest BCUT2D eigenvalue weighted by Crippen LogP contribution is 2.23. The van der Waals surface area contributed by atoms with Gasteiger partial charge in [-0.1, -0.05) is 26.0 Å². The second kappa shape index (κ2) is 5.35. The molecule has 1 atom stereocenters. The molecule has 1 aromatic rings. The molecule has 0 aliphatic rings. The molecule has 1 unspecified atom stereocenters. The molecule has 16 heavy (non-hydrogen) atoms. The molecular weight excluding hydrogens is 198 g/mol. The lowest BCUT2D eigenvalue weighted by molar-refractivity contribution is 0.119. The van der Waals surface area contributed by atoms with Gasteiger partial charge in [-0.3, -0.25) is 0 Å². The Bertz CT molecular complexity index is 316. The average molecular weight is 221 g/mol. The third kappa shape index (κ3) is 3.53. The van der Waals surface area contributed by atoms with E-state index in [-0.39, 0.29) is 5.60 Å². The summed E-state index contributed by atoms with van der Waals surface area (Å²) in [7, 11) is 0. The van der Waals surface area contributed by atoms with E-state index in [4.69, 9.17) is 10.5 Å². The summed E-state index contributed by atoms with van der Waals surface area (Å²) in [6.45, 7) is 8.94. The van der Waals surface area contributed by atoms with Gasteiger partial charge in [0.1, 0.15) is 11.4 Å². The lowest BCUT2D eigenvalue weighted by Crippen LogP contribution is -2.37. The van der Waals surface area contributed by atoms with Crippen molar-refractivity contribution in [3.05, 3.63) is 29.8 Å². The van der Waals surface area contributed by atoms with Crippen LogP contribution in [0, 0.1) is 0 Å². The highest BCUT2D eigenvalue weighted by molar-refractivity contribution is 5.29. The minimum atomic E-state index is -0.294. The zero-order valence-corrected chi connectivity index (χ0v) is 10.8. The van der Waals surface area contributed by atoms with Crippen LogP contribution in [0.15, 0.2) is 24.3 Å². The molecule has 0 aliphatic heterocycles. The predicted molar refractivity (Wildman–Crippen MR) is 68.9 cm³/mol. The number of hydrogen-bond donors (Lipinski definition) is 1. The van der Waals surface area contributed by atoms with Crippen molar-refractivity contribution in [3.63, 3.8) is 0 Å². The van der Waals surface area contributed by atoms with E-state index in [1.54, 1.807) is 0 Å². The van der Waals surface area contributed by atoms with Crippen molar-refractivity contribution >= 4 is 0 Å². The Labute approximate surface area is 98.8 Å². The monoisotopic (exact) mass is 221 g/mol. The van der Waals surface area contributed by atoms with Crippen LogP contribution in [0.2, 0.25) is 0 Å². The molecular formula is C14H23NO. The predicted octanol–water partition coefficient (Wildman–Crippen LogP) is 3.32. The smallest absolute Gasteiger partial charge is 0.120 e. The van der Waals surface area contributed by atoms with Gasteiger partial charge in [0.15, 0.2) is 0 Å². The van der Waals surface area contributed by atoms with Gasteiger partial charge in [0, 0.05) is 6.54 Å². The molecule has 0 heterocycles. The fourth-order valence-corrected chi connectivity index (χ4v) is 1.46. The van der Waals surface area contributed by atoms with Crippen LogP contribution in [0.1, 0.15) is 45.6 Å². The van der Waals surface area contributed by atoms with Gasteiger partial charge >= 0.3 is 0 Å². The first-order chi connectivity index (χ1) is 7.48. The molecule has 0 saturated carbocycles. The number of nitrogens with two attached hydrogens (primary N) is 1. The fourth-order valence-electron chi connectivity index (χ4n) is 1.46. The molecule has 0 fully saturated rings. The SMILES string of the molecule is CCC(C)c1ccc(OC(C)(C)CN)cc1. The number of ether oxygens (including phenoxy) is 1. The molecule has 0 amide bonds. The summed E-state index contributed by atoms with van der Waals surface area (Å²) in [6, 6.07) is 8.32. The first-order valence-electron chi connectivity index (χ1n) is 5.97. The van der Waals surface area contributed by atoms with Crippen molar-refractivity contribution in [2.75, 3.05) is 6.54 Å². The summed E-state index contributed by atoms with van der Waals surface area (Å²) >= 11 is 0. The zero-order valence-electron chi connectivity index (χ0n) is 10.8. The van der Waals surface area contributed by atoms with Crippen molar-refractivity contribution in [1.29, 1.82) is 0 Å². The number of rotatable bonds is 5. The number of benzene rings is 1. The minimum Gasteiger partial charge on any atom is -0.487 e. The van der Waals surface area contributed by atoms with Gasteiger partial charge in [0.2, 0.25) is 0 Å². The van der Waals surface area contributed by atoms with E-state index in [1.807, 2.05) is 26.0 Å². The van der Waals surface area contributed by atoms with Crippen molar-refractivity contribution in [1.82, 2.24) is 0 Å². The molecule has 2 N–H and O–H groups in total. The maximum atomic E-state index is 5.79. The Hall–Kier alpha value is -1.02. The summed E-state index contributed by atoms with van der Waals surface area (Å²) in [6.07, 6.45) is 1.16. The summed E-state index contributed by atoms with van der Waals surface area (Å²) in [5.41, 5.74) is 6.70. The molecule has 1 aromatic carbocycles.